The van der Waals surface area contributed by atoms with Gasteiger partial charge in [0.25, 0.3) is 0 Å². The fourth-order valence-electron chi connectivity index (χ4n) is 4.64. The molecule has 1 fully saturated rings. The lowest BCUT2D eigenvalue weighted by atomic mass is 9.74. The Morgan fingerprint density at radius 3 is 2.54 bits per heavy atom. The van der Waals surface area contributed by atoms with Crippen molar-refractivity contribution in [3.8, 4) is 5.75 Å². The molecule has 0 amide bonds. The molecule has 0 spiro atoms. The molecule has 1 heterocycles. The van der Waals surface area contributed by atoms with Crippen molar-refractivity contribution in [3.05, 3.63) is 111 Å². The fraction of sp³-hybridized carbons (Fsp3) is 0.250. The highest BCUT2D eigenvalue weighted by molar-refractivity contribution is 9.10. The highest BCUT2D eigenvalue weighted by atomic mass is 79.9. The standard InChI is InChI=1S/C28H25BrClFO4/c1-16(2)22-14-23(18-4-3-5-20(30)12-18)27(17-6-9-21(31)10-7-17)35-28(22)24-13-19(29)8-11-25(24)34-15-26(32)33/h3-13,22-23,27-28H,1,14-15H2,2H3,(H,32,33)/t22-,23-,27+,28+/m1/s1. The van der Waals surface area contributed by atoms with Crippen molar-refractivity contribution < 1.29 is 23.8 Å². The Morgan fingerprint density at radius 1 is 1.14 bits per heavy atom. The molecule has 4 atom stereocenters. The van der Waals surface area contributed by atoms with Crippen LogP contribution in [0.25, 0.3) is 0 Å². The molecule has 0 radical (unpaired) electrons. The summed E-state index contributed by atoms with van der Waals surface area (Å²) in [6, 6.07) is 19.4. The van der Waals surface area contributed by atoms with Gasteiger partial charge in [0.15, 0.2) is 6.61 Å². The number of carbonyl (C=O) groups is 1. The van der Waals surface area contributed by atoms with Crippen molar-refractivity contribution in [3.63, 3.8) is 0 Å². The van der Waals surface area contributed by atoms with Crippen LogP contribution in [0.1, 0.15) is 48.2 Å². The highest BCUT2D eigenvalue weighted by Gasteiger charge is 2.41. The van der Waals surface area contributed by atoms with Crippen LogP contribution in [0.4, 0.5) is 4.39 Å². The van der Waals surface area contributed by atoms with E-state index in [0.717, 1.165) is 26.7 Å². The SMILES string of the molecule is C=C(C)[C@H]1C[C@H](c2cccc(Cl)c2)[C@H](c2ccc(F)cc2)O[C@@H]1c1cc(Br)ccc1OCC(=O)O. The summed E-state index contributed by atoms with van der Waals surface area (Å²) in [4.78, 5) is 11.2. The van der Waals surface area contributed by atoms with E-state index in [9.17, 15) is 9.18 Å². The molecule has 1 aliphatic heterocycles. The van der Waals surface area contributed by atoms with E-state index >= 15 is 0 Å². The maximum Gasteiger partial charge on any atom is 0.341 e. The summed E-state index contributed by atoms with van der Waals surface area (Å²) in [7, 11) is 0. The largest absolute Gasteiger partial charge is 0.482 e. The number of aliphatic carboxylic acids is 1. The van der Waals surface area contributed by atoms with E-state index in [1.165, 1.54) is 12.1 Å². The molecule has 4 rings (SSSR count). The number of halogens is 3. The molecule has 1 aliphatic rings. The Morgan fingerprint density at radius 2 is 1.89 bits per heavy atom. The number of ether oxygens (including phenoxy) is 2. The summed E-state index contributed by atoms with van der Waals surface area (Å²) in [5.74, 6) is -1.10. The minimum Gasteiger partial charge on any atom is -0.482 e. The Kier molecular flexibility index (Phi) is 7.95. The van der Waals surface area contributed by atoms with Gasteiger partial charge in [-0.05, 0) is 66.9 Å². The predicted octanol–water partition coefficient (Wildman–Crippen LogP) is 7.88. The summed E-state index contributed by atoms with van der Waals surface area (Å²) < 4.78 is 27.0. The van der Waals surface area contributed by atoms with Crippen LogP contribution in [-0.4, -0.2) is 17.7 Å². The second kappa shape index (κ2) is 10.9. The van der Waals surface area contributed by atoms with Crippen LogP contribution in [0.5, 0.6) is 5.75 Å². The third-order valence-electron chi connectivity index (χ3n) is 6.27. The van der Waals surface area contributed by atoms with Gasteiger partial charge in [0.05, 0.1) is 12.2 Å². The molecule has 35 heavy (non-hydrogen) atoms. The van der Waals surface area contributed by atoms with Gasteiger partial charge >= 0.3 is 5.97 Å². The first kappa shape index (κ1) is 25.4. The number of benzene rings is 3. The van der Waals surface area contributed by atoms with Crippen molar-refractivity contribution in [1.29, 1.82) is 0 Å². The van der Waals surface area contributed by atoms with E-state index in [-0.39, 0.29) is 17.7 Å². The van der Waals surface area contributed by atoms with Gasteiger partial charge in [0, 0.05) is 26.9 Å². The topological polar surface area (TPSA) is 55.8 Å². The molecule has 0 saturated carbocycles. The lowest BCUT2D eigenvalue weighted by Crippen LogP contribution is -2.32. The normalized spacial score (nSPS) is 21.9. The average molecular weight is 560 g/mol. The van der Waals surface area contributed by atoms with Gasteiger partial charge in [0.2, 0.25) is 0 Å². The van der Waals surface area contributed by atoms with Crippen LogP contribution < -0.4 is 4.74 Å². The van der Waals surface area contributed by atoms with Crippen LogP contribution in [-0.2, 0) is 9.53 Å². The van der Waals surface area contributed by atoms with Crippen molar-refractivity contribution in [1.82, 2.24) is 0 Å². The number of carboxylic acid groups (broad SMARTS) is 1. The zero-order valence-electron chi connectivity index (χ0n) is 19.1. The van der Waals surface area contributed by atoms with E-state index in [2.05, 4.69) is 22.5 Å². The molecule has 7 heteroatoms. The van der Waals surface area contributed by atoms with Crippen LogP contribution >= 0.6 is 27.5 Å². The van der Waals surface area contributed by atoms with Crippen LogP contribution in [0.15, 0.2) is 83.4 Å². The highest BCUT2D eigenvalue weighted by Crippen LogP contribution is 2.53. The van der Waals surface area contributed by atoms with Crippen molar-refractivity contribution in [2.75, 3.05) is 6.61 Å². The second-order valence-electron chi connectivity index (χ2n) is 8.74. The summed E-state index contributed by atoms with van der Waals surface area (Å²) in [5, 5.41) is 9.78. The summed E-state index contributed by atoms with van der Waals surface area (Å²) in [5.41, 5.74) is 3.52. The average Bonchev–Trinajstić information content (AvgIpc) is 2.83. The number of hydrogen-bond donors (Lipinski definition) is 1. The quantitative estimate of drug-likeness (QED) is 0.299. The molecule has 1 N–H and O–H groups in total. The first-order chi connectivity index (χ1) is 16.7. The third-order valence-corrected chi connectivity index (χ3v) is 7.00. The molecule has 0 aromatic heterocycles. The monoisotopic (exact) mass is 558 g/mol. The van der Waals surface area contributed by atoms with Crippen LogP contribution in [0.3, 0.4) is 0 Å². The van der Waals surface area contributed by atoms with Gasteiger partial charge in [-0.15, -0.1) is 0 Å². The van der Waals surface area contributed by atoms with Gasteiger partial charge < -0.3 is 14.6 Å². The van der Waals surface area contributed by atoms with E-state index in [0.29, 0.717) is 17.2 Å². The number of rotatable bonds is 7. The molecule has 0 aliphatic carbocycles. The summed E-state index contributed by atoms with van der Waals surface area (Å²) in [6.07, 6.45) is -0.159. The van der Waals surface area contributed by atoms with Crippen molar-refractivity contribution in [2.24, 2.45) is 5.92 Å². The Bertz CT molecular complexity index is 1230. The molecule has 3 aromatic carbocycles. The zero-order valence-corrected chi connectivity index (χ0v) is 21.4. The minimum absolute atomic E-state index is 0.0624. The molecular weight excluding hydrogens is 535 g/mol. The number of hydrogen-bond acceptors (Lipinski definition) is 3. The van der Waals surface area contributed by atoms with Gasteiger partial charge in [-0.2, -0.15) is 0 Å². The van der Waals surface area contributed by atoms with Gasteiger partial charge in [0.1, 0.15) is 11.6 Å². The van der Waals surface area contributed by atoms with Crippen LogP contribution in [0, 0.1) is 11.7 Å². The Labute approximate surface area is 217 Å². The lowest BCUT2D eigenvalue weighted by Gasteiger charge is -2.43. The molecule has 0 unspecified atom stereocenters. The number of carboxylic acids is 1. The van der Waals surface area contributed by atoms with Gasteiger partial charge in [-0.25, -0.2) is 9.18 Å². The minimum atomic E-state index is -1.06. The van der Waals surface area contributed by atoms with Crippen molar-refractivity contribution in [2.45, 2.75) is 31.5 Å². The second-order valence-corrected chi connectivity index (χ2v) is 10.1. The molecular formula is C28H25BrClFO4. The first-order valence-electron chi connectivity index (χ1n) is 11.2. The van der Waals surface area contributed by atoms with Gasteiger partial charge in [-0.3, -0.25) is 0 Å². The summed E-state index contributed by atoms with van der Waals surface area (Å²) >= 11 is 9.84. The maximum atomic E-state index is 13.7. The maximum absolute atomic E-state index is 13.7. The van der Waals surface area contributed by atoms with Crippen molar-refractivity contribution >= 4 is 33.5 Å². The van der Waals surface area contributed by atoms with E-state index in [1.807, 2.05) is 37.3 Å². The fourth-order valence-corrected chi connectivity index (χ4v) is 5.22. The third kappa shape index (κ3) is 5.95. The molecule has 182 valence electrons. The van der Waals surface area contributed by atoms with E-state index in [1.54, 1.807) is 24.3 Å². The Balaban J connectivity index is 1.81. The lowest BCUT2D eigenvalue weighted by molar-refractivity contribution is -0.139. The van der Waals surface area contributed by atoms with Crippen LogP contribution in [0.2, 0.25) is 5.02 Å². The molecule has 0 bridgehead atoms. The van der Waals surface area contributed by atoms with E-state index < -0.39 is 24.8 Å². The van der Waals surface area contributed by atoms with Gasteiger partial charge in [-0.1, -0.05) is 63.9 Å². The molecule has 1 saturated heterocycles. The summed E-state index contributed by atoms with van der Waals surface area (Å²) in [6.45, 7) is 5.73. The zero-order chi connectivity index (χ0) is 25.1. The van der Waals surface area contributed by atoms with E-state index in [4.69, 9.17) is 26.2 Å². The molecule has 4 nitrogen and oxygen atoms in total. The smallest absolute Gasteiger partial charge is 0.341 e. The first-order valence-corrected chi connectivity index (χ1v) is 12.4. The predicted molar refractivity (Wildman–Crippen MR) is 137 cm³/mol. The molecule has 3 aromatic rings. The Hall–Kier alpha value is -2.67.